The van der Waals surface area contributed by atoms with Gasteiger partial charge in [-0.25, -0.2) is 4.98 Å². The SMILES string of the molecule is Cc1cc2nc(CCO)n(CCCOc3ccc(Cl)cc3)c2cc1C. The molecular weight excluding hydrogens is 336 g/mol. The molecule has 0 amide bonds. The summed E-state index contributed by atoms with van der Waals surface area (Å²) in [5, 5.41) is 10.0. The van der Waals surface area contributed by atoms with Gasteiger partial charge in [0.2, 0.25) is 0 Å². The Balaban J connectivity index is 1.72. The van der Waals surface area contributed by atoms with Crippen molar-refractivity contribution in [3.8, 4) is 5.75 Å². The Bertz CT molecular complexity index is 856. The third-order valence-electron chi connectivity index (χ3n) is 4.39. The Morgan fingerprint density at radius 3 is 2.56 bits per heavy atom. The fraction of sp³-hybridized carbons (Fsp3) is 0.350. The van der Waals surface area contributed by atoms with Crippen LogP contribution >= 0.6 is 11.6 Å². The lowest BCUT2D eigenvalue weighted by molar-refractivity contribution is 0.289. The van der Waals surface area contributed by atoms with E-state index in [0.717, 1.165) is 35.6 Å². The molecule has 5 heteroatoms. The lowest BCUT2D eigenvalue weighted by Gasteiger charge is -2.10. The average molecular weight is 359 g/mol. The molecule has 0 aliphatic rings. The van der Waals surface area contributed by atoms with Crippen molar-refractivity contribution in [2.45, 2.75) is 33.2 Å². The standard InChI is InChI=1S/C20H23ClN2O2/c1-14-12-18-19(13-15(14)2)23(20(22-18)8-10-24)9-3-11-25-17-6-4-16(21)5-7-17/h4-7,12-13,24H,3,8-11H2,1-2H3. The Labute approximate surface area is 153 Å². The number of fused-ring (bicyclic) bond motifs is 1. The van der Waals surface area contributed by atoms with Gasteiger partial charge in [0.15, 0.2) is 0 Å². The van der Waals surface area contributed by atoms with Crippen LogP contribution in [0, 0.1) is 13.8 Å². The van der Waals surface area contributed by atoms with Gasteiger partial charge in [-0.1, -0.05) is 11.6 Å². The van der Waals surface area contributed by atoms with Gasteiger partial charge in [-0.05, 0) is 67.8 Å². The maximum absolute atomic E-state index is 9.33. The van der Waals surface area contributed by atoms with Crippen LogP contribution in [0.4, 0.5) is 0 Å². The van der Waals surface area contributed by atoms with Crippen LogP contribution in [0.1, 0.15) is 23.4 Å². The Morgan fingerprint density at radius 1 is 1.12 bits per heavy atom. The summed E-state index contributed by atoms with van der Waals surface area (Å²) in [6, 6.07) is 11.7. The molecule has 0 spiro atoms. The minimum absolute atomic E-state index is 0.0998. The number of aromatic nitrogens is 2. The second-order valence-electron chi connectivity index (χ2n) is 6.23. The van der Waals surface area contributed by atoms with Gasteiger partial charge < -0.3 is 14.4 Å². The quantitative estimate of drug-likeness (QED) is 0.640. The molecule has 0 saturated carbocycles. The number of hydrogen-bond donors (Lipinski definition) is 1. The highest BCUT2D eigenvalue weighted by Crippen LogP contribution is 2.22. The third kappa shape index (κ3) is 4.14. The molecule has 0 atom stereocenters. The van der Waals surface area contributed by atoms with Gasteiger partial charge >= 0.3 is 0 Å². The number of benzene rings is 2. The number of aliphatic hydroxyl groups is 1. The molecule has 0 unspecified atom stereocenters. The minimum atomic E-state index is 0.0998. The van der Waals surface area contributed by atoms with Gasteiger partial charge in [0, 0.05) is 18.0 Å². The number of nitrogens with zero attached hydrogens (tertiary/aromatic N) is 2. The Kier molecular flexibility index (Phi) is 5.61. The predicted molar refractivity (Wildman–Crippen MR) is 102 cm³/mol. The van der Waals surface area contributed by atoms with Gasteiger partial charge in [-0.3, -0.25) is 0 Å². The molecule has 0 aliphatic heterocycles. The molecule has 132 valence electrons. The van der Waals surface area contributed by atoms with E-state index in [2.05, 4.69) is 30.5 Å². The van der Waals surface area contributed by atoms with E-state index in [1.165, 1.54) is 11.1 Å². The van der Waals surface area contributed by atoms with Crippen LogP contribution < -0.4 is 4.74 Å². The summed E-state index contributed by atoms with van der Waals surface area (Å²) in [5.74, 6) is 1.75. The van der Waals surface area contributed by atoms with Crippen molar-refractivity contribution in [3.05, 3.63) is 58.4 Å². The first-order valence-electron chi connectivity index (χ1n) is 8.54. The fourth-order valence-electron chi connectivity index (χ4n) is 2.91. The molecule has 0 saturated heterocycles. The van der Waals surface area contributed by atoms with Gasteiger partial charge in [0.05, 0.1) is 24.2 Å². The first kappa shape index (κ1) is 17.8. The zero-order valence-electron chi connectivity index (χ0n) is 14.6. The number of ether oxygens (including phenoxy) is 1. The molecule has 1 N–H and O–H groups in total. The van der Waals surface area contributed by atoms with Crippen molar-refractivity contribution in [3.63, 3.8) is 0 Å². The maximum atomic E-state index is 9.33. The van der Waals surface area contributed by atoms with E-state index in [1.807, 2.05) is 24.3 Å². The molecule has 3 aromatic rings. The summed E-state index contributed by atoms with van der Waals surface area (Å²) >= 11 is 5.88. The first-order chi connectivity index (χ1) is 12.1. The Hall–Kier alpha value is -2.04. The van der Waals surface area contributed by atoms with Crippen LogP contribution in [0.2, 0.25) is 5.02 Å². The topological polar surface area (TPSA) is 47.3 Å². The summed E-state index contributed by atoms with van der Waals surface area (Å²) in [6.45, 7) is 5.73. The van der Waals surface area contributed by atoms with Crippen molar-refractivity contribution in [1.82, 2.24) is 9.55 Å². The molecular formula is C20H23ClN2O2. The second kappa shape index (κ2) is 7.89. The smallest absolute Gasteiger partial charge is 0.119 e. The molecule has 0 aliphatic carbocycles. The van der Waals surface area contributed by atoms with Gasteiger partial charge in [-0.2, -0.15) is 0 Å². The zero-order valence-corrected chi connectivity index (χ0v) is 15.4. The van der Waals surface area contributed by atoms with Crippen LogP contribution in [0.5, 0.6) is 5.75 Å². The fourth-order valence-corrected chi connectivity index (χ4v) is 3.04. The Morgan fingerprint density at radius 2 is 1.84 bits per heavy atom. The van der Waals surface area contributed by atoms with Crippen molar-refractivity contribution < 1.29 is 9.84 Å². The van der Waals surface area contributed by atoms with Crippen molar-refractivity contribution in [1.29, 1.82) is 0 Å². The van der Waals surface area contributed by atoms with E-state index in [9.17, 15) is 5.11 Å². The largest absolute Gasteiger partial charge is 0.494 e. The molecule has 25 heavy (non-hydrogen) atoms. The van der Waals surface area contributed by atoms with E-state index < -0.39 is 0 Å². The van der Waals surface area contributed by atoms with Crippen molar-refractivity contribution >= 4 is 22.6 Å². The maximum Gasteiger partial charge on any atom is 0.119 e. The molecule has 1 aromatic heterocycles. The van der Waals surface area contributed by atoms with Gasteiger partial charge in [0.1, 0.15) is 11.6 Å². The van der Waals surface area contributed by atoms with Crippen LogP contribution in [0.3, 0.4) is 0 Å². The lowest BCUT2D eigenvalue weighted by atomic mass is 10.1. The molecule has 0 fully saturated rings. The number of aliphatic hydroxyl groups excluding tert-OH is 1. The number of hydrogen-bond acceptors (Lipinski definition) is 3. The highest BCUT2D eigenvalue weighted by molar-refractivity contribution is 6.30. The summed E-state index contributed by atoms with van der Waals surface area (Å²) in [5.41, 5.74) is 4.60. The number of rotatable bonds is 7. The van der Waals surface area contributed by atoms with E-state index in [1.54, 1.807) is 0 Å². The van der Waals surface area contributed by atoms with E-state index >= 15 is 0 Å². The minimum Gasteiger partial charge on any atom is -0.494 e. The van der Waals surface area contributed by atoms with E-state index in [0.29, 0.717) is 18.1 Å². The normalized spacial score (nSPS) is 11.2. The summed E-state index contributed by atoms with van der Waals surface area (Å²) in [6.07, 6.45) is 1.42. The third-order valence-corrected chi connectivity index (χ3v) is 4.64. The highest BCUT2D eigenvalue weighted by Gasteiger charge is 2.11. The molecule has 0 bridgehead atoms. The zero-order chi connectivity index (χ0) is 17.8. The van der Waals surface area contributed by atoms with Crippen molar-refractivity contribution in [2.75, 3.05) is 13.2 Å². The lowest BCUT2D eigenvalue weighted by Crippen LogP contribution is -2.09. The summed E-state index contributed by atoms with van der Waals surface area (Å²) in [7, 11) is 0. The van der Waals surface area contributed by atoms with E-state index in [4.69, 9.17) is 21.3 Å². The first-order valence-corrected chi connectivity index (χ1v) is 8.92. The van der Waals surface area contributed by atoms with Gasteiger partial charge in [-0.15, -0.1) is 0 Å². The number of imidazole rings is 1. The number of aryl methyl sites for hydroxylation is 3. The average Bonchev–Trinajstić information content (AvgIpc) is 2.91. The molecule has 0 radical (unpaired) electrons. The predicted octanol–water partition coefficient (Wildman–Crippen LogP) is 4.31. The monoisotopic (exact) mass is 358 g/mol. The molecule has 2 aromatic carbocycles. The van der Waals surface area contributed by atoms with E-state index in [-0.39, 0.29) is 6.61 Å². The molecule has 1 heterocycles. The van der Waals surface area contributed by atoms with Crippen LogP contribution in [-0.4, -0.2) is 27.9 Å². The number of halogens is 1. The summed E-state index contributed by atoms with van der Waals surface area (Å²) in [4.78, 5) is 4.70. The van der Waals surface area contributed by atoms with Crippen LogP contribution in [0.15, 0.2) is 36.4 Å². The van der Waals surface area contributed by atoms with Gasteiger partial charge in [0.25, 0.3) is 0 Å². The van der Waals surface area contributed by atoms with Crippen LogP contribution in [-0.2, 0) is 13.0 Å². The van der Waals surface area contributed by atoms with Crippen LogP contribution in [0.25, 0.3) is 11.0 Å². The summed E-state index contributed by atoms with van der Waals surface area (Å²) < 4.78 is 7.97. The highest BCUT2D eigenvalue weighted by atomic mass is 35.5. The van der Waals surface area contributed by atoms with Crippen molar-refractivity contribution in [2.24, 2.45) is 0 Å². The second-order valence-corrected chi connectivity index (χ2v) is 6.67. The molecule has 3 rings (SSSR count). The molecule has 4 nitrogen and oxygen atoms in total.